The van der Waals surface area contributed by atoms with Gasteiger partial charge in [0.2, 0.25) is 23.8 Å². The molecule has 21 nitrogen and oxygen atoms in total. The number of likely N-dealkylation sites (tertiary alicyclic amines) is 1. The lowest BCUT2D eigenvalue weighted by Gasteiger charge is -2.38. The molecule has 2 aromatic rings. The van der Waals surface area contributed by atoms with Gasteiger partial charge in [-0.25, -0.2) is 14.4 Å². The number of rotatable bonds is 18. The third-order valence-electron chi connectivity index (χ3n) is 12.0. The second-order valence-electron chi connectivity index (χ2n) is 18.4. The van der Waals surface area contributed by atoms with Gasteiger partial charge < -0.3 is 55.7 Å². The minimum absolute atomic E-state index is 0.0605. The molecule has 69 heavy (non-hydrogen) atoms. The van der Waals surface area contributed by atoms with Crippen LogP contribution in [-0.4, -0.2) is 139 Å². The Kier molecular flexibility index (Phi) is 18.1. The molecule has 2 aromatic carbocycles. The average Bonchev–Trinajstić information content (AvgIpc) is 3.72. The van der Waals surface area contributed by atoms with Gasteiger partial charge in [-0.05, 0) is 90.3 Å². The Morgan fingerprint density at radius 2 is 1.61 bits per heavy atom. The van der Waals surface area contributed by atoms with E-state index in [-0.39, 0.29) is 63.1 Å². The summed E-state index contributed by atoms with van der Waals surface area (Å²) in [6, 6.07) is 11.1. The van der Waals surface area contributed by atoms with E-state index >= 15 is 0 Å². The van der Waals surface area contributed by atoms with Gasteiger partial charge in [0, 0.05) is 50.4 Å². The van der Waals surface area contributed by atoms with E-state index in [2.05, 4.69) is 33.9 Å². The van der Waals surface area contributed by atoms with Gasteiger partial charge >= 0.3 is 24.2 Å². The first-order chi connectivity index (χ1) is 32.7. The van der Waals surface area contributed by atoms with Crippen LogP contribution in [0.3, 0.4) is 0 Å². The van der Waals surface area contributed by atoms with Crippen molar-refractivity contribution in [1.82, 2.24) is 30.7 Å². The fraction of sp³-hybridized carbons (Fsp3) is 0.521. The summed E-state index contributed by atoms with van der Waals surface area (Å²) in [6.45, 7) is 12.0. The summed E-state index contributed by atoms with van der Waals surface area (Å²) in [7, 11) is 1.92. The van der Waals surface area contributed by atoms with Crippen LogP contribution in [0.1, 0.15) is 95.1 Å². The van der Waals surface area contributed by atoms with Gasteiger partial charge in [-0.1, -0.05) is 43.3 Å². The largest absolute Gasteiger partial charge is 0.509 e. The third-order valence-corrected chi connectivity index (χ3v) is 12.0. The minimum atomic E-state index is -1.51. The highest BCUT2D eigenvalue weighted by Crippen LogP contribution is 2.42. The normalized spacial score (nSPS) is 18.9. The van der Waals surface area contributed by atoms with Crippen LogP contribution >= 0.6 is 0 Å². The Morgan fingerprint density at radius 3 is 2.19 bits per heavy atom. The zero-order valence-corrected chi connectivity index (χ0v) is 39.7. The average molecular weight is 958 g/mol. The van der Waals surface area contributed by atoms with Gasteiger partial charge in [0.15, 0.2) is 0 Å². The zero-order valence-electron chi connectivity index (χ0n) is 39.7. The van der Waals surface area contributed by atoms with Gasteiger partial charge in [0.05, 0.1) is 24.2 Å². The van der Waals surface area contributed by atoms with E-state index in [1.807, 2.05) is 11.9 Å². The highest BCUT2D eigenvalue weighted by atomic mass is 16.7. The van der Waals surface area contributed by atoms with E-state index in [1.54, 1.807) is 56.9 Å². The molecule has 1 saturated carbocycles. The zero-order chi connectivity index (χ0) is 50.5. The number of esters is 1. The third kappa shape index (κ3) is 14.4. The fourth-order valence-electron chi connectivity index (χ4n) is 7.99. The second-order valence-corrected chi connectivity index (χ2v) is 18.4. The van der Waals surface area contributed by atoms with Crippen LogP contribution in [0.25, 0.3) is 0 Å². The number of ether oxygens (including phenoxy) is 4. The monoisotopic (exact) mass is 957 g/mol. The fourth-order valence-corrected chi connectivity index (χ4v) is 7.99. The molecular formula is C48H63N9O12. The predicted octanol–water partition coefficient (Wildman–Crippen LogP) is 3.55. The molecule has 21 heteroatoms. The van der Waals surface area contributed by atoms with Crippen LogP contribution < -0.4 is 27.0 Å². The Hall–Kier alpha value is -7.21. The lowest BCUT2D eigenvalue weighted by Crippen LogP contribution is -2.56. The summed E-state index contributed by atoms with van der Waals surface area (Å²) in [4.78, 5) is 111. The summed E-state index contributed by atoms with van der Waals surface area (Å²) < 4.78 is 22.3. The molecule has 5 rings (SSSR count). The van der Waals surface area contributed by atoms with Crippen molar-refractivity contribution in [3.63, 3.8) is 0 Å². The molecule has 3 unspecified atom stereocenters. The predicted molar refractivity (Wildman–Crippen MR) is 248 cm³/mol. The van der Waals surface area contributed by atoms with E-state index in [0.717, 1.165) is 0 Å². The quantitative estimate of drug-likeness (QED) is 0.0470. The van der Waals surface area contributed by atoms with Crippen molar-refractivity contribution < 1.29 is 57.3 Å². The molecular weight excluding hydrogens is 895 g/mol. The summed E-state index contributed by atoms with van der Waals surface area (Å²) >= 11 is 0. The van der Waals surface area contributed by atoms with Crippen molar-refractivity contribution in [2.45, 2.75) is 102 Å². The molecule has 0 bridgehead atoms. The van der Waals surface area contributed by atoms with Crippen LogP contribution in [0.4, 0.5) is 20.1 Å². The van der Waals surface area contributed by atoms with Crippen molar-refractivity contribution in [2.24, 2.45) is 11.1 Å². The number of primary amides is 1. The van der Waals surface area contributed by atoms with Crippen LogP contribution in [0.5, 0.6) is 0 Å². The number of carbonyl (C=O) groups is 8. The maximum Gasteiger partial charge on any atom is 0.509 e. The molecule has 5 atom stereocenters. The van der Waals surface area contributed by atoms with Gasteiger partial charge in [0.1, 0.15) is 35.8 Å². The number of nitriles is 1. The van der Waals surface area contributed by atoms with Crippen LogP contribution in [0.2, 0.25) is 0 Å². The number of urea groups is 1. The molecule has 3 aliphatic rings. The first kappa shape index (κ1) is 52.8. The first-order valence-corrected chi connectivity index (χ1v) is 22.9. The molecule has 0 spiro atoms. The Labute approximate surface area is 401 Å². The van der Waals surface area contributed by atoms with Crippen LogP contribution in [0.15, 0.2) is 61.2 Å². The topological polar surface area (TPSA) is 281 Å². The molecule has 2 heterocycles. The minimum Gasteiger partial charge on any atom is -0.461 e. The molecule has 0 aromatic heterocycles. The maximum atomic E-state index is 14.1. The van der Waals surface area contributed by atoms with Gasteiger partial charge in [-0.2, -0.15) is 5.26 Å². The first-order valence-electron chi connectivity index (χ1n) is 22.9. The lowest BCUT2D eigenvalue weighted by molar-refractivity contribution is -0.167. The number of amides is 7. The number of piperazine rings is 1. The molecule has 0 radical (unpaired) electrons. The van der Waals surface area contributed by atoms with Crippen LogP contribution in [0, 0.1) is 16.7 Å². The second kappa shape index (κ2) is 23.7. The molecule has 1 aliphatic carbocycles. The Bertz CT molecular complexity index is 2250. The van der Waals surface area contributed by atoms with Gasteiger partial charge in [0.25, 0.3) is 5.91 Å². The summed E-state index contributed by atoms with van der Waals surface area (Å²) in [5.41, 5.74) is 4.48. The van der Waals surface area contributed by atoms with E-state index in [1.165, 1.54) is 35.2 Å². The number of nitrogens with zero attached hydrogens (tertiary/aromatic N) is 4. The lowest BCUT2D eigenvalue weighted by atomic mass is 9.68. The standard InChI is InChI=1S/C48H63N9O12/c1-7-26-66-43(62)48(19-9-20-48)42(61)54-36(10-8-21-51-44(50)63)39(58)53-34-17-15-33(16-18-34)38(41(60)56-24-22-55(6)23-25-56)68-46(65)67-35-27-37(57(29-35)45(64)69-47(3,4)5)40(59)52-30(2)32-13-11-31(28-49)12-14-32/h7,11-18,30,35-38H,1,8-10,19-27,29H2,2-6H3,(H,52,59)(H,53,58)(H,54,61)(H3,50,51,63)/t30-,35?,36-,37?,38?/m0/s1. The summed E-state index contributed by atoms with van der Waals surface area (Å²) in [5, 5.41) is 20.0. The smallest absolute Gasteiger partial charge is 0.461 e. The number of likely N-dealkylation sites (N-methyl/N-ethyl adjacent to an activating group) is 1. The number of carbonyl (C=O) groups excluding carboxylic acids is 8. The van der Waals surface area contributed by atoms with Crippen molar-refractivity contribution in [3.05, 3.63) is 77.9 Å². The number of nitrogens with one attached hydrogen (secondary N) is 4. The van der Waals surface area contributed by atoms with E-state index < -0.39 is 89.2 Å². The number of hydrogen-bond donors (Lipinski definition) is 5. The Balaban J connectivity index is 1.31. The van der Waals surface area contributed by atoms with Crippen molar-refractivity contribution in [3.8, 4) is 6.07 Å². The molecule has 7 amide bonds. The van der Waals surface area contributed by atoms with Crippen molar-refractivity contribution in [1.29, 1.82) is 5.26 Å². The summed E-state index contributed by atoms with van der Waals surface area (Å²) in [6.07, 6.45) is -1.93. The molecule has 2 aliphatic heterocycles. The number of benzene rings is 2. The van der Waals surface area contributed by atoms with Gasteiger partial charge in [-0.3, -0.25) is 28.9 Å². The van der Waals surface area contributed by atoms with Crippen LogP contribution in [-0.2, 0) is 42.9 Å². The highest BCUT2D eigenvalue weighted by molar-refractivity contribution is 6.06. The Morgan fingerprint density at radius 1 is 0.957 bits per heavy atom. The van der Waals surface area contributed by atoms with E-state index in [4.69, 9.17) is 24.7 Å². The summed E-state index contributed by atoms with van der Waals surface area (Å²) in [5.74, 6) is -3.09. The van der Waals surface area contributed by atoms with Crippen molar-refractivity contribution in [2.75, 3.05) is 58.2 Å². The number of anilines is 1. The van der Waals surface area contributed by atoms with Crippen molar-refractivity contribution >= 4 is 53.6 Å². The number of hydrogen-bond acceptors (Lipinski definition) is 14. The van der Waals surface area contributed by atoms with E-state index in [0.29, 0.717) is 43.7 Å². The molecule has 3 fully saturated rings. The molecule has 6 N–H and O–H groups in total. The van der Waals surface area contributed by atoms with E-state index in [9.17, 15) is 43.6 Å². The van der Waals surface area contributed by atoms with Gasteiger partial charge in [-0.15, -0.1) is 0 Å². The SMILES string of the molecule is C=CCOC(=O)C1(C(=O)N[C@@H](CCCNC(N)=O)C(=O)Nc2ccc(C(OC(=O)OC3CC(C(=O)N[C@@H](C)c4ccc(C#N)cc4)N(C(=O)OC(C)(C)C)C3)C(=O)N3CCN(C)CC3)cc2)CCC1. The molecule has 372 valence electrons. The highest BCUT2D eigenvalue weighted by Gasteiger charge is 2.53. The molecule has 2 saturated heterocycles. The maximum absolute atomic E-state index is 14.1. The number of nitrogens with two attached hydrogens (primary N) is 1.